The molecule has 2 aliphatic heterocycles. The van der Waals surface area contributed by atoms with E-state index in [4.69, 9.17) is 14.3 Å². The van der Waals surface area contributed by atoms with Crippen molar-refractivity contribution in [1.29, 1.82) is 0 Å². The third-order valence-corrected chi connectivity index (χ3v) is 10.5. The molecule has 8 atom stereocenters. The van der Waals surface area contributed by atoms with Gasteiger partial charge in [0.2, 0.25) is 17.7 Å². The number of benzene rings is 1. The van der Waals surface area contributed by atoms with Crippen molar-refractivity contribution >= 4 is 23.6 Å². The smallest absolute Gasteiger partial charge is 0.272 e. The standard InChI is InChI=1S/C35H54N4O7/c1-8-23(2)31(37(5)25(4)40)29(44-6)21-30(41)38-18-14-17-28(38)32(45-7)24(3)33(42)36-35(34(43)39-19-12-13-20-46-39)22-27(35)26-15-10-9-11-16-26/h9-11,15-16,23-24,27-29,31-32H,8,12-14,17-22H2,1-7H3,(H,36,42)/t23-,24+,27-,28-,29+,31-,32+,35-/m0/s1. The van der Waals surface area contributed by atoms with E-state index < -0.39 is 23.7 Å². The predicted octanol–water partition coefficient (Wildman–Crippen LogP) is 3.52. The van der Waals surface area contributed by atoms with Crippen LogP contribution in [0.5, 0.6) is 0 Å². The molecule has 2 saturated heterocycles. The molecule has 1 aromatic carbocycles. The maximum absolute atomic E-state index is 14.0. The lowest BCUT2D eigenvalue weighted by atomic mass is 9.90. The van der Waals surface area contributed by atoms with Crippen LogP contribution in [0.2, 0.25) is 0 Å². The maximum atomic E-state index is 14.0. The van der Waals surface area contributed by atoms with Gasteiger partial charge in [-0.15, -0.1) is 0 Å². The van der Waals surface area contributed by atoms with Gasteiger partial charge < -0.3 is 24.6 Å². The molecule has 2 heterocycles. The molecule has 0 unspecified atom stereocenters. The summed E-state index contributed by atoms with van der Waals surface area (Å²) >= 11 is 0. The highest BCUT2D eigenvalue weighted by Gasteiger charge is 2.64. The first-order chi connectivity index (χ1) is 22.0. The molecule has 11 heteroatoms. The maximum Gasteiger partial charge on any atom is 0.272 e. The van der Waals surface area contributed by atoms with Gasteiger partial charge in [0.05, 0.1) is 43.2 Å². The van der Waals surface area contributed by atoms with E-state index in [0.717, 1.165) is 31.2 Å². The molecular formula is C35H54N4O7. The number of likely N-dealkylation sites (N-methyl/N-ethyl adjacent to an activating group) is 1. The summed E-state index contributed by atoms with van der Waals surface area (Å²) in [5.74, 6) is -1.34. The van der Waals surface area contributed by atoms with E-state index in [2.05, 4.69) is 19.2 Å². The summed E-state index contributed by atoms with van der Waals surface area (Å²) in [5, 5.41) is 4.56. The number of likely N-dealkylation sites (tertiary alicyclic amines) is 1. The Balaban J connectivity index is 1.50. The fraction of sp³-hybridized carbons (Fsp3) is 0.714. The first kappa shape index (κ1) is 35.8. The van der Waals surface area contributed by atoms with Gasteiger partial charge >= 0.3 is 0 Å². The number of nitrogens with zero attached hydrogens (tertiary/aromatic N) is 3. The number of hydrogen-bond donors (Lipinski definition) is 1. The molecule has 3 fully saturated rings. The molecule has 256 valence electrons. The zero-order valence-corrected chi connectivity index (χ0v) is 28.7. The number of carbonyl (C=O) groups is 4. The normalized spacial score (nSPS) is 26.1. The summed E-state index contributed by atoms with van der Waals surface area (Å²) in [5.41, 5.74) is -0.0945. The van der Waals surface area contributed by atoms with E-state index in [9.17, 15) is 19.2 Å². The van der Waals surface area contributed by atoms with Crippen LogP contribution >= 0.6 is 0 Å². The first-order valence-corrected chi connectivity index (χ1v) is 16.9. The lowest BCUT2D eigenvalue weighted by Gasteiger charge is -2.39. The van der Waals surface area contributed by atoms with Gasteiger partial charge in [0, 0.05) is 47.2 Å². The number of nitrogens with one attached hydrogen (secondary N) is 1. The van der Waals surface area contributed by atoms with Crippen LogP contribution in [-0.4, -0.2) is 109 Å². The summed E-state index contributed by atoms with van der Waals surface area (Å²) in [7, 11) is 4.91. The number of carbonyl (C=O) groups excluding carboxylic acids is 4. The van der Waals surface area contributed by atoms with E-state index >= 15 is 0 Å². The van der Waals surface area contributed by atoms with Gasteiger partial charge in [-0.2, -0.15) is 0 Å². The van der Waals surface area contributed by atoms with Gasteiger partial charge in [0.15, 0.2) is 0 Å². The summed E-state index contributed by atoms with van der Waals surface area (Å²) < 4.78 is 11.8. The third-order valence-electron chi connectivity index (χ3n) is 10.5. The van der Waals surface area contributed by atoms with Crippen LogP contribution in [0, 0.1) is 11.8 Å². The van der Waals surface area contributed by atoms with Crippen molar-refractivity contribution < 1.29 is 33.5 Å². The van der Waals surface area contributed by atoms with E-state index in [1.807, 2.05) is 35.2 Å². The van der Waals surface area contributed by atoms with Gasteiger partial charge in [0.25, 0.3) is 5.91 Å². The minimum Gasteiger partial charge on any atom is -0.379 e. The Hall–Kier alpha value is -3.02. The summed E-state index contributed by atoms with van der Waals surface area (Å²) in [6, 6.07) is 9.21. The monoisotopic (exact) mass is 642 g/mol. The zero-order chi connectivity index (χ0) is 33.6. The van der Waals surface area contributed by atoms with Crippen molar-refractivity contribution in [3.8, 4) is 0 Å². The van der Waals surface area contributed by atoms with E-state index in [-0.39, 0.29) is 54.0 Å². The first-order valence-electron chi connectivity index (χ1n) is 16.9. The largest absolute Gasteiger partial charge is 0.379 e. The Morgan fingerprint density at radius 3 is 2.37 bits per heavy atom. The molecule has 1 aliphatic carbocycles. The van der Waals surface area contributed by atoms with Crippen LogP contribution in [-0.2, 0) is 33.5 Å². The van der Waals surface area contributed by atoms with Crippen molar-refractivity contribution in [1.82, 2.24) is 20.2 Å². The molecule has 1 N–H and O–H groups in total. The molecule has 4 rings (SSSR count). The zero-order valence-electron chi connectivity index (χ0n) is 28.7. The van der Waals surface area contributed by atoms with Crippen LogP contribution in [0.25, 0.3) is 0 Å². The molecule has 4 amide bonds. The SMILES string of the molecule is CC[C@H](C)[C@@H]([C@@H](CC(=O)N1CCC[C@H]1[C@H](OC)[C@@H](C)C(=O)N[C@@]1(C(=O)N2CCCCO2)C[C@H]1c1ccccc1)OC)N(C)C(C)=O. The van der Waals surface area contributed by atoms with E-state index in [1.54, 1.807) is 33.1 Å². The van der Waals surface area contributed by atoms with E-state index in [0.29, 0.717) is 32.5 Å². The van der Waals surface area contributed by atoms with Crippen LogP contribution in [0.4, 0.5) is 0 Å². The average molecular weight is 643 g/mol. The fourth-order valence-electron chi connectivity index (χ4n) is 7.46. The highest BCUT2D eigenvalue weighted by atomic mass is 16.7. The summed E-state index contributed by atoms with van der Waals surface area (Å²) in [4.78, 5) is 63.3. The molecule has 11 nitrogen and oxygen atoms in total. The Morgan fingerprint density at radius 2 is 1.78 bits per heavy atom. The second-order valence-corrected chi connectivity index (χ2v) is 13.3. The lowest BCUT2D eigenvalue weighted by Crippen LogP contribution is -2.56. The van der Waals surface area contributed by atoms with Crippen LogP contribution in [0.1, 0.15) is 84.1 Å². The Kier molecular flexibility index (Phi) is 12.2. The molecule has 46 heavy (non-hydrogen) atoms. The van der Waals surface area contributed by atoms with Crippen molar-refractivity contribution in [2.45, 2.75) is 108 Å². The average Bonchev–Trinajstić information content (AvgIpc) is 3.59. The van der Waals surface area contributed by atoms with Crippen LogP contribution in [0.15, 0.2) is 30.3 Å². The molecule has 1 aromatic rings. The predicted molar refractivity (Wildman–Crippen MR) is 173 cm³/mol. The lowest BCUT2D eigenvalue weighted by molar-refractivity contribution is -0.200. The topological polar surface area (TPSA) is 118 Å². The van der Waals surface area contributed by atoms with Gasteiger partial charge in [0.1, 0.15) is 5.54 Å². The second-order valence-electron chi connectivity index (χ2n) is 13.3. The van der Waals surface area contributed by atoms with Gasteiger partial charge in [-0.05, 0) is 43.6 Å². The molecule has 1 saturated carbocycles. The number of methoxy groups -OCH3 is 2. The minimum absolute atomic E-state index is 0.0774. The van der Waals surface area contributed by atoms with Crippen LogP contribution in [0.3, 0.4) is 0 Å². The van der Waals surface area contributed by atoms with Crippen molar-refractivity contribution in [2.75, 3.05) is 41.0 Å². The second kappa shape index (κ2) is 15.7. The van der Waals surface area contributed by atoms with Crippen molar-refractivity contribution in [2.24, 2.45) is 11.8 Å². The van der Waals surface area contributed by atoms with Crippen LogP contribution < -0.4 is 5.32 Å². The molecular weight excluding hydrogens is 588 g/mol. The van der Waals surface area contributed by atoms with Gasteiger partial charge in [-0.3, -0.25) is 24.0 Å². The molecule has 0 bridgehead atoms. The van der Waals surface area contributed by atoms with Gasteiger partial charge in [-0.25, -0.2) is 5.06 Å². The highest BCUT2D eigenvalue weighted by molar-refractivity contribution is 5.96. The summed E-state index contributed by atoms with van der Waals surface area (Å²) in [6.07, 6.45) is 3.61. The Bertz CT molecular complexity index is 1210. The fourth-order valence-corrected chi connectivity index (χ4v) is 7.46. The Labute approximate surface area is 274 Å². The minimum atomic E-state index is -1.09. The van der Waals surface area contributed by atoms with Crippen molar-refractivity contribution in [3.63, 3.8) is 0 Å². The molecule has 0 radical (unpaired) electrons. The molecule has 3 aliphatic rings. The number of rotatable bonds is 14. The van der Waals surface area contributed by atoms with Gasteiger partial charge in [-0.1, -0.05) is 57.5 Å². The number of ether oxygens (including phenoxy) is 2. The third kappa shape index (κ3) is 7.58. The number of amides is 4. The number of hydroxylamine groups is 2. The van der Waals surface area contributed by atoms with E-state index in [1.165, 1.54) is 12.0 Å². The summed E-state index contributed by atoms with van der Waals surface area (Å²) in [6.45, 7) is 8.98. The number of hydrogen-bond acceptors (Lipinski definition) is 7. The van der Waals surface area contributed by atoms with Crippen molar-refractivity contribution in [3.05, 3.63) is 35.9 Å². The highest BCUT2D eigenvalue weighted by Crippen LogP contribution is 2.53. The Morgan fingerprint density at radius 1 is 1.07 bits per heavy atom. The quantitative estimate of drug-likeness (QED) is 0.330. The molecule has 0 aromatic heterocycles. The molecule has 0 spiro atoms.